The number of hydrogen-bond acceptors (Lipinski definition) is 8. The van der Waals surface area contributed by atoms with Gasteiger partial charge in [-0.25, -0.2) is 9.67 Å². The summed E-state index contributed by atoms with van der Waals surface area (Å²) < 4.78 is 7.33. The highest BCUT2D eigenvalue weighted by molar-refractivity contribution is 6.13. The molecule has 4 rings (SSSR count). The molecule has 2 aliphatic rings. The first-order valence-corrected chi connectivity index (χ1v) is 10.9. The van der Waals surface area contributed by atoms with Crippen LogP contribution in [0.5, 0.6) is 0 Å². The van der Waals surface area contributed by atoms with E-state index >= 15 is 0 Å². The van der Waals surface area contributed by atoms with Crippen LogP contribution in [0, 0.1) is 0 Å². The van der Waals surface area contributed by atoms with E-state index in [1.165, 1.54) is 14.1 Å². The molecule has 2 aliphatic heterocycles. The van der Waals surface area contributed by atoms with Crippen LogP contribution in [0.4, 0.5) is 5.69 Å². The van der Waals surface area contributed by atoms with Crippen LogP contribution >= 0.6 is 0 Å². The van der Waals surface area contributed by atoms with E-state index in [1.54, 1.807) is 12.4 Å². The lowest BCUT2D eigenvalue weighted by Gasteiger charge is -2.26. The number of anilines is 1. The third kappa shape index (κ3) is 3.99. The van der Waals surface area contributed by atoms with Gasteiger partial charge in [0.1, 0.15) is 0 Å². The average Bonchev–Trinajstić information content (AvgIpc) is 3.44. The Hall–Kier alpha value is -3.21. The molecule has 0 bridgehead atoms. The van der Waals surface area contributed by atoms with Crippen LogP contribution in [0.2, 0.25) is 0 Å². The second-order valence-corrected chi connectivity index (χ2v) is 8.00. The Balaban J connectivity index is 1.72. The molecule has 2 amide bonds. The van der Waals surface area contributed by atoms with E-state index in [2.05, 4.69) is 31.2 Å². The number of likely N-dealkylation sites (N-methyl/N-ethyl adjacent to an activating group) is 1. The standard InChI is InChI=1S/C21H29N7O4/c1-4-28-19-15(12-25-28)18(26-13-5-7-31-8-6-13)14(11-24-19)16-9-21(32-27-16,20(30)23-3)10-17(29)22-2/h11-13H,4-10H2,1-3H3,(H,22,29)(H,23,30)(H,24,26). The van der Waals surface area contributed by atoms with Gasteiger partial charge in [0.2, 0.25) is 11.5 Å². The predicted octanol–water partition coefficient (Wildman–Crippen LogP) is 0.787. The van der Waals surface area contributed by atoms with E-state index in [1.807, 2.05) is 11.6 Å². The summed E-state index contributed by atoms with van der Waals surface area (Å²) in [6.07, 6.45) is 5.31. The molecule has 1 saturated heterocycles. The zero-order chi connectivity index (χ0) is 22.7. The molecule has 0 aliphatic carbocycles. The second-order valence-electron chi connectivity index (χ2n) is 8.00. The summed E-state index contributed by atoms with van der Waals surface area (Å²) in [5, 5.41) is 18.4. The van der Waals surface area contributed by atoms with Crippen molar-refractivity contribution in [1.29, 1.82) is 0 Å². The molecule has 2 aromatic heterocycles. The summed E-state index contributed by atoms with van der Waals surface area (Å²) >= 11 is 0. The largest absolute Gasteiger partial charge is 0.381 e. The summed E-state index contributed by atoms with van der Waals surface area (Å²) in [5.41, 5.74) is 1.53. The summed E-state index contributed by atoms with van der Waals surface area (Å²) in [6.45, 7) is 4.11. The number of hydrogen-bond donors (Lipinski definition) is 3. The van der Waals surface area contributed by atoms with E-state index in [4.69, 9.17) is 9.57 Å². The lowest BCUT2D eigenvalue weighted by Crippen LogP contribution is -2.48. The minimum atomic E-state index is -1.40. The highest BCUT2D eigenvalue weighted by Gasteiger charge is 2.48. The van der Waals surface area contributed by atoms with Crippen molar-refractivity contribution in [3.63, 3.8) is 0 Å². The van der Waals surface area contributed by atoms with Gasteiger partial charge in [0, 0.05) is 58.1 Å². The van der Waals surface area contributed by atoms with Crippen molar-refractivity contribution in [2.75, 3.05) is 32.6 Å². The van der Waals surface area contributed by atoms with Crippen molar-refractivity contribution in [3.8, 4) is 0 Å². The monoisotopic (exact) mass is 443 g/mol. The maximum Gasteiger partial charge on any atom is 0.267 e. The Morgan fingerprint density at radius 3 is 2.69 bits per heavy atom. The number of nitrogens with one attached hydrogen (secondary N) is 3. The molecule has 0 spiro atoms. The van der Waals surface area contributed by atoms with Gasteiger partial charge >= 0.3 is 0 Å². The maximum atomic E-state index is 12.7. The molecule has 1 atom stereocenters. The molecule has 32 heavy (non-hydrogen) atoms. The SMILES string of the molecule is CCn1ncc2c(NC3CCOCC3)c(C3=NOC(CC(=O)NC)(C(=O)NC)C3)cnc21. The van der Waals surface area contributed by atoms with Crippen molar-refractivity contribution in [2.45, 2.75) is 50.8 Å². The van der Waals surface area contributed by atoms with Crippen molar-refractivity contribution < 1.29 is 19.2 Å². The molecule has 0 aromatic carbocycles. The Bertz CT molecular complexity index is 1040. The molecule has 4 heterocycles. The number of aromatic nitrogens is 3. The molecule has 172 valence electrons. The minimum absolute atomic E-state index is 0.137. The maximum absolute atomic E-state index is 12.7. The topological polar surface area (TPSA) is 132 Å². The van der Waals surface area contributed by atoms with Crippen LogP contribution < -0.4 is 16.0 Å². The van der Waals surface area contributed by atoms with Crippen LogP contribution in [0.25, 0.3) is 11.0 Å². The Morgan fingerprint density at radius 2 is 2.00 bits per heavy atom. The lowest BCUT2D eigenvalue weighted by atomic mass is 9.89. The third-order valence-electron chi connectivity index (χ3n) is 6.00. The van der Waals surface area contributed by atoms with Gasteiger partial charge in [-0.2, -0.15) is 5.10 Å². The summed E-state index contributed by atoms with van der Waals surface area (Å²) in [7, 11) is 3.04. The van der Waals surface area contributed by atoms with Gasteiger partial charge in [-0.3, -0.25) is 9.59 Å². The van der Waals surface area contributed by atoms with Crippen LogP contribution in [-0.2, 0) is 25.7 Å². The van der Waals surface area contributed by atoms with Crippen LogP contribution in [0.3, 0.4) is 0 Å². The van der Waals surface area contributed by atoms with Gasteiger partial charge < -0.3 is 25.5 Å². The number of aryl methyl sites for hydroxylation is 1. The number of nitrogens with zero attached hydrogens (tertiary/aromatic N) is 4. The van der Waals surface area contributed by atoms with Gasteiger partial charge in [0.05, 0.1) is 29.4 Å². The number of oxime groups is 1. The molecule has 2 aromatic rings. The van der Waals surface area contributed by atoms with Gasteiger partial charge in [0.25, 0.3) is 5.91 Å². The Morgan fingerprint density at radius 1 is 1.22 bits per heavy atom. The first-order chi connectivity index (χ1) is 15.5. The first-order valence-electron chi connectivity index (χ1n) is 10.9. The van der Waals surface area contributed by atoms with E-state index in [-0.39, 0.29) is 24.8 Å². The smallest absolute Gasteiger partial charge is 0.267 e. The first kappa shape index (κ1) is 22.0. The highest BCUT2D eigenvalue weighted by atomic mass is 16.7. The van der Waals surface area contributed by atoms with Crippen molar-refractivity contribution in [3.05, 3.63) is 18.0 Å². The zero-order valence-electron chi connectivity index (χ0n) is 18.6. The molecule has 0 saturated carbocycles. The molecule has 11 nitrogen and oxygen atoms in total. The third-order valence-corrected chi connectivity index (χ3v) is 6.00. The van der Waals surface area contributed by atoms with Crippen molar-refractivity contribution in [2.24, 2.45) is 5.16 Å². The fourth-order valence-corrected chi connectivity index (χ4v) is 4.17. The molecular formula is C21H29N7O4. The highest BCUT2D eigenvalue weighted by Crippen LogP contribution is 2.35. The Kier molecular flexibility index (Phi) is 6.26. The number of carbonyl (C=O) groups is 2. The zero-order valence-corrected chi connectivity index (χ0v) is 18.6. The molecule has 11 heteroatoms. The molecule has 0 radical (unpaired) electrons. The summed E-state index contributed by atoms with van der Waals surface area (Å²) in [6, 6.07) is 0.232. The summed E-state index contributed by atoms with van der Waals surface area (Å²) in [4.78, 5) is 35.0. The number of pyridine rings is 1. The van der Waals surface area contributed by atoms with Gasteiger partial charge in [-0.15, -0.1) is 0 Å². The van der Waals surface area contributed by atoms with Crippen LogP contribution in [-0.4, -0.2) is 71.2 Å². The van der Waals surface area contributed by atoms with Crippen molar-refractivity contribution in [1.82, 2.24) is 25.4 Å². The Labute approximate surface area is 185 Å². The molecule has 1 unspecified atom stereocenters. The number of fused-ring (bicyclic) bond motifs is 1. The fraction of sp³-hybridized carbons (Fsp3) is 0.571. The molecule has 1 fully saturated rings. The van der Waals surface area contributed by atoms with Gasteiger partial charge in [-0.1, -0.05) is 5.16 Å². The van der Waals surface area contributed by atoms with Crippen molar-refractivity contribution >= 4 is 34.2 Å². The lowest BCUT2D eigenvalue weighted by molar-refractivity contribution is -0.149. The van der Waals surface area contributed by atoms with E-state index in [0.29, 0.717) is 25.5 Å². The summed E-state index contributed by atoms with van der Waals surface area (Å²) in [5.74, 6) is -0.699. The molecule has 3 N–H and O–H groups in total. The normalized spacial score (nSPS) is 21.2. The average molecular weight is 444 g/mol. The fourth-order valence-electron chi connectivity index (χ4n) is 4.17. The van der Waals surface area contributed by atoms with Crippen LogP contribution in [0.1, 0.15) is 38.2 Å². The minimum Gasteiger partial charge on any atom is -0.381 e. The van der Waals surface area contributed by atoms with E-state index < -0.39 is 11.5 Å². The van der Waals surface area contributed by atoms with Crippen LogP contribution in [0.15, 0.2) is 17.5 Å². The number of rotatable bonds is 7. The molecular weight excluding hydrogens is 414 g/mol. The number of carbonyl (C=O) groups excluding carboxylic acids is 2. The predicted molar refractivity (Wildman–Crippen MR) is 118 cm³/mol. The van der Waals surface area contributed by atoms with Gasteiger partial charge in [-0.05, 0) is 19.8 Å². The number of ether oxygens (including phenoxy) is 1. The second kappa shape index (κ2) is 9.11. The van der Waals surface area contributed by atoms with E-state index in [0.717, 1.165) is 35.1 Å². The number of amides is 2. The quantitative estimate of drug-likeness (QED) is 0.576. The van der Waals surface area contributed by atoms with Gasteiger partial charge in [0.15, 0.2) is 5.65 Å². The van der Waals surface area contributed by atoms with E-state index in [9.17, 15) is 9.59 Å².